The predicted molar refractivity (Wildman–Crippen MR) is 54.7 cm³/mol. The summed E-state index contributed by atoms with van der Waals surface area (Å²) in [4.78, 5) is 0. The van der Waals surface area contributed by atoms with Crippen LogP contribution in [0.3, 0.4) is 0 Å². The molecule has 1 aromatic rings. The van der Waals surface area contributed by atoms with Crippen LogP contribution >= 0.6 is 0 Å². The Labute approximate surface area is 84.1 Å². The Morgan fingerprint density at radius 3 is 3.00 bits per heavy atom. The summed E-state index contributed by atoms with van der Waals surface area (Å²) in [6, 6.07) is 0. The lowest BCUT2D eigenvalue weighted by atomic mass is 9.85. The minimum absolute atomic E-state index is 0.625. The third-order valence-electron chi connectivity index (χ3n) is 4.08. The zero-order valence-corrected chi connectivity index (χ0v) is 8.37. The fourth-order valence-corrected chi connectivity index (χ4v) is 3.40. The first-order chi connectivity index (χ1) is 6.88. The van der Waals surface area contributed by atoms with Crippen LogP contribution in [0.1, 0.15) is 42.9 Å². The molecular weight excluding hydrogens is 174 g/mol. The van der Waals surface area contributed by atoms with Crippen molar-refractivity contribution in [1.82, 2.24) is 10.2 Å². The summed E-state index contributed by atoms with van der Waals surface area (Å²) in [5.41, 5.74) is 8.26. The van der Waals surface area contributed by atoms with E-state index in [1.807, 2.05) is 6.20 Å². The predicted octanol–water partition coefficient (Wildman–Crippen LogP) is 1.77. The average Bonchev–Trinajstić information content (AvgIpc) is 2.92. The summed E-state index contributed by atoms with van der Waals surface area (Å²) in [6.07, 6.45) is 7.56. The molecule has 76 valence electrons. The molecule has 3 nitrogen and oxygen atoms in total. The number of aromatic amines is 1. The number of hydrogen-bond acceptors (Lipinski definition) is 2. The molecule has 2 fully saturated rings. The van der Waals surface area contributed by atoms with Crippen molar-refractivity contribution >= 4 is 0 Å². The number of rotatable bonds is 2. The molecule has 1 aromatic heterocycles. The maximum Gasteiger partial charge on any atom is 0.0535 e. The van der Waals surface area contributed by atoms with E-state index in [2.05, 4.69) is 10.2 Å². The van der Waals surface area contributed by atoms with E-state index in [-0.39, 0.29) is 0 Å². The third-order valence-corrected chi connectivity index (χ3v) is 4.08. The van der Waals surface area contributed by atoms with Crippen molar-refractivity contribution in [3.63, 3.8) is 0 Å². The van der Waals surface area contributed by atoms with Crippen molar-refractivity contribution in [1.29, 1.82) is 0 Å². The lowest BCUT2D eigenvalue weighted by molar-refractivity contribution is 0.411. The molecule has 2 aliphatic carbocycles. The molecule has 3 heteroatoms. The Bertz CT molecular complexity index is 331. The molecule has 0 aromatic carbocycles. The standard InChI is InChI=1S/C11H17N3/c12-5-9-6-13-14-11(9)10-4-7-1-2-8(10)3-7/h6-8,10H,1-5,12H2,(H,13,14). The van der Waals surface area contributed by atoms with Crippen LogP contribution in [0.25, 0.3) is 0 Å². The van der Waals surface area contributed by atoms with Gasteiger partial charge in [-0.1, -0.05) is 6.42 Å². The fourth-order valence-electron chi connectivity index (χ4n) is 3.40. The van der Waals surface area contributed by atoms with Gasteiger partial charge in [0.1, 0.15) is 0 Å². The molecule has 3 rings (SSSR count). The first-order valence-corrected chi connectivity index (χ1v) is 5.60. The van der Waals surface area contributed by atoms with Crippen LogP contribution < -0.4 is 5.73 Å². The lowest BCUT2D eigenvalue weighted by Crippen LogP contribution is -2.12. The molecular formula is C11H17N3. The quantitative estimate of drug-likeness (QED) is 0.748. The molecule has 14 heavy (non-hydrogen) atoms. The van der Waals surface area contributed by atoms with E-state index in [4.69, 9.17) is 5.73 Å². The number of nitrogens with one attached hydrogen (secondary N) is 1. The van der Waals surface area contributed by atoms with Crippen molar-refractivity contribution in [2.75, 3.05) is 0 Å². The van der Waals surface area contributed by atoms with Gasteiger partial charge in [-0.3, -0.25) is 5.10 Å². The second kappa shape index (κ2) is 3.09. The van der Waals surface area contributed by atoms with Gasteiger partial charge in [0.2, 0.25) is 0 Å². The zero-order valence-electron chi connectivity index (χ0n) is 8.37. The molecule has 3 atom stereocenters. The van der Waals surface area contributed by atoms with Gasteiger partial charge in [-0.15, -0.1) is 0 Å². The molecule has 3 N–H and O–H groups in total. The number of aromatic nitrogens is 2. The first kappa shape index (κ1) is 8.48. The first-order valence-electron chi connectivity index (χ1n) is 5.60. The van der Waals surface area contributed by atoms with Crippen molar-refractivity contribution in [2.24, 2.45) is 17.6 Å². The van der Waals surface area contributed by atoms with Gasteiger partial charge in [0.05, 0.1) is 6.20 Å². The minimum Gasteiger partial charge on any atom is -0.326 e. The van der Waals surface area contributed by atoms with Gasteiger partial charge in [-0.2, -0.15) is 5.10 Å². The number of fused-ring (bicyclic) bond motifs is 2. The molecule has 0 amide bonds. The van der Waals surface area contributed by atoms with Gasteiger partial charge in [0, 0.05) is 23.7 Å². The van der Waals surface area contributed by atoms with E-state index in [0.29, 0.717) is 6.54 Å². The van der Waals surface area contributed by atoms with E-state index >= 15 is 0 Å². The van der Waals surface area contributed by atoms with Gasteiger partial charge in [0.15, 0.2) is 0 Å². The Morgan fingerprint density at radius 1 is 1.43 bits per heavy atom. The van der Waals surface area contributed by atoms with Crippen molar-refractivity contribution in [3.05, 3.63) is 17.5 Å². The molecule has 0 radical (unpaired) electrons. The Hall–Kier alpha value is -0.830. The monoisotopic (exact) mass is 191 g/mol. The van der Waals surface area contributed by atoms with E-state index in [1.165, 1.54) is 36.9 Å². The number of H-pyrrole nitrogens is 1. The van der Waals surface area contributed by atoms with Gasteiger partial charge in [-0.25, -0.2) is 0 Å². The summed E-state index contributed by atoms with van der Waals surface area (Å²) in [5.74, 6) is 2.62. The smallest absolute Gasteiger partial charge is 0.0535 e. The molecule has 3 unspecified atom stereocenters. The van der Waals surface area contributed by atoms with Gasteiger partial charge < -0.3 is 5.73 Å². The van der Waals surface area contributed by atoms with Crippen molar-refractivity contribution in [2.45, 2.75) is 38.1 Å². The average molecular weight is 191 g/mol. The minimum atomic E-state index is 0.625. The molecule has 0 spiro atoms. The summed E-state index contributed by atoms with van der Waals surface area (Å²) in [6.45, 7) is 0.625. The summed E-state index contributed by atoms with van der Waals surface area (Å²) in [5, 5.41) is 7.27. The highest BCUT2D eigenvalue weighted by Gasteiger charge is 2.41. The van der Waals surface area contributed by atoms with Crippen LogP contribution in [-0.4, -0.2) is 10.2 Å². The highest BCUT2D eigenvalue weighted by Crippen LogP contribution is 2.52. The molecule has 0 aliphatic heterocycles. The normalized spacial score (nSPS) is 35.4. The van der Waals surface area contributed by atoms with Crippen LogP contribution in [0.4, 0.5) is 0 Å². The van der Waals surface area contributed by atoms with E-state index < -0.39 is 0 Å². The molecule has 2 bridgehead atoms. The molecule has 0 saturated heterocycles. The Kier molecular flexibility index (Phi) is 1.87. The Morgan fingerprint density at radius 2 is 2.36 bits per heavy atom. The topological polar surface area (TPSA) is 54.7 Å². The van der Waals surface area contributed by atoms with E-state index in [1.54, 1.807) is 0 Å². The Balaban J connectivity index is 1.89. The number of nitrogens with zero attached hydrogens (tertiary/aromatic N) is 1. The van der Waals surface area contributed by atoms with Crippen LogP contribution in [0, 0.1) is 11.8 Å². The van der Waals surface area contributed by atoms with Crippen molar-refractivity contribution < 1.29 is 0 Å². The van der Waals surface area contributed by atoms with Crippen LogP contribution in [0.2, 0.25) is 0 Å². The SMILES string of the molecule is NCc1cn[nH]c1C1CC2CCC1C2. The molecule has 2 aliphatic rings. The van der Waals surface area contributed by atoms with Crippen LogP contribution in [-0.2, 0) is 6.54 Å². The maximum absolute atomic E-state index is 5.70. The van der Waals surface area contributed by atoms with Crippen molar-refractivity contribution in [3.8, 4) is 0 Å². The van der Waals surface area contributed by atoms with E-state index in [9.17, 15) is 0 Å². The largest absolute Gasteiger partial charge is 0.326 e. The summed E-state index contributed by atoms with van der Waals surface area (Å²) < 4.78 is 0. The number of hydrogen-bond donors (Lipinski definition) is 2. The third kappa shape index (κ3) is 1.12. The molecule has 1 heterocycles. The van der Waals surface area contributed by atoms with E-state index in [0.717, 1.165) is 17.8 Å². The number of nitrogens with two attached hydrogens (primary N) is 1. The highest BCUT2D eigenvalue weighted by atomic mass is 15.1. The lowest BCUT2D eigenvalue weighted by Gasteiger charge is -2.21. The zero-order chi connectivity index (χ0) is 9.54. The highest BCUT2D eigenvalue weighted by molar-refractivity contribution is 5.23. The van der Waals surface area contributed by atoms with Gasteiger partial charge in [-0.05, 0) is 31.1 Å². The van der Waals surface area contributed by atoms with Gasteiger partial charge in [0.25, 0.3) is 0 Å². The molecule has 2 saturated carbocycles. The second-order valence-corrected chi connectivity index (χ2v) is 4.79. The second-order valence-electron chi connectivity index (χ2n) is 4.79. The maximum atomic E-state index is 5.70. The van der Waals surface area contributed by atoms with Gasteiger partial charge >= 0.3 is 0 Å². The summed E-state index contributed by atoms with van der Waals surface area (Å²) >= 11 is 0. The van der Waals surface area contributed by atoms with Crippen LogP contribution in [0.5, 0.6) is 0 Å². The fraction of sp³-hybridized carbons (Fsp3) is 0.727. The summed E-state index contributed by atoms with van der Waals surface area (Å²) in [7, 11) is 0. The van der Waals surface area contributed by atoms with Crippen LogP contribution in [0.15, 0.2) is 6.20 Å².